The van der Waals surface area contributed by atoms with Crippen LogP contribution in [-0.4, -0.2) is 15.5 Å². The van der Waals surface area contributed by atoms with Crippen molar-refractivity contribution in [2.45, 2.75) is 0 Å². The number of aromatic nitrogens is 2. The summed E-state index contributed by atoms with van der Waals surface area (Å²) >= 11 is 3.33. The van der Waals surface area contributed by atoms with Crippen molar-refractivity contribution in [3.63, 3.8) is 0 Å². The number of hydrogen-bond donors (Lipinski definition) is 1. The quantitative estimate of drug-likeness (QED) is 0.750. The number of aromatic amines is 1. The van der Waals surface area contributed by atoms with Crippen molar-refractivity contribution in [3.05, 3.63) is 69.1 Å². The first kappa shape index (κ1) is 11.9. The summed E-state index contributed by atoms with van der Waals surface area (Å²) in [7, 11) is 0. The predicted octanol–water partition coefficient (Wildman–Crippen LogP) is 2.78. The molecule has 0 radical (unpaired) electrons. The molecule has 0 aliphatic heterocycles. The van der Waals surface area contributed by atoms with Crippen LogP contribution in [0, 0.1) is 0 Å². The number of nitrogens with zero attached hydrogens (tertiary/aromatic N) is 1. The molecule has 0 saturated carbocycles. The number of hydrogen-bond acceptors (Lipinski definition) is 2. The molecular formula is C14H9BrN2O2. The van der Waals surface area contributed by atoms with Crippen LogP contribution in [0.1, 0.15) is 10.4 Å². The molecule has 0 atom stereocenters. The van der Waals surface area contributed by atoms with Crippen molar-refractivity contribution in [3.8, 4) is 0 Å². The second-order valence-electron chi connectivity index (χ2n) is 4.10. The first-order valence-electron chi connectivity index (χ1n) is 5.67. The Kier molecular flexibility index (Phi) is 2.83. The highest BCUT2D eigenvalue weighted by Crippen LogP contribution is 2.17. The van der Waals surface area contributed by atoms with E-state index in [1.165, 1.54) is 0 Å². The molecule has 0 unspecified atom stereocenters. The number of fused-ring (bicyclic) bond motifs is 1. The smallest absolute Gasteiger partial charge is 0.305 e. The van der Waals surface area contributed by atoms with Gasteiger partial charge in [-0.15, -0.1) is 0 Å². The van der Waals surface area contributed by atoms with Crippen LogP contribution in [0.25, 0.3) is 11.0 Å². The van der Waals surface area contributed by atoms with Crippen LogP contribution in [0.15, 0.2) is 57.8 Å². The van der Waals surface area contributed by atoms with Gasteiger partial charge in [-0.05, 0) is 30.3 Å². The van der Waals surface area contributed by atoms with Gasteiger partial charge < -0.3 is 4.98 Å². The van der Waals surface area contributed by atoms with Gasteiger partial charge in [0, 0.05) is 10.0 Å². The first-order chi connectivity index (χ1) is 9.16. The molecular weight excluding hydrogens is 308 g/mol. The van der Waals surface area contributed by atoms with E-state index >= 15 is 0 Å². The van der Waals surface area contributed by atoms with Gasteiger partial charge in [0.05, 0.1) is 11.0 Å². The van der Waals surface area contributed by atoms with Crippen LogP contribution in [0.3, 0.4) is 0 Å². The zero-order chi connectivity index (χ0) is 13.4. The Balaban J connectivity index is 2.23. The third-order valence-electron chi connectivity index (χ3n) is 2.87. The fraction of sp³-hybridized carbons (Fsp3) is 0. The topological polar surface area (TPSA) is 54.9 Å². The molecule has 0 fully saturated rings. The van der Waals surface area contributed by atoms with E-state index in [2.05, 4.69) is 20.9 Å². The summed E-state index contributed by atoms with van der Waals surface area (Å²) in [6.45, 7) is 0. The maximum Gasteiger partial charge on any atom is 0.333 e. The van der Waals surface area contributed by atoms with Gasteiger partial charge in [-0.3, -0.25) is 4.79 Å². The van der Waals surface area contributed by atoms with Crippen LogP contribution in [0.2, 0.25) is 0 Å². The predicted molar refractivity (Wildman–Crippen MR) is 76.4 cm³/mol. The molecule has 1 N–H and O–H groups in total. The third-order valence-corrected chi connectivity index (χ3v) is 3.36. The second kappa shape index (κ2) is 4.51. The molecule has 3 aromatic rings. The number of H-pyrrole nitrogens is 1. The zero-order valence-corrected chi connectivity index (χ0v) is 11.3. The van der Waals surface area contributed by atoms with E-state index in [0.29, 0.717) is 16.6 Å². The molecule has 94 valence electrons. The molecule has 1 heterocycles. The zero-order valence-electron chi connectivity index (χ0n) is 9.76. The first-order valence-corrected chi connectivity index (χ1v) is 6.46. The van der Waals surface area contributed by atoms with Gasteiger partial charge in [0.25, 0.3) is 5.91 Å². The number of carbonyl (C=O) groups is 1. The molecule has 2 aromatic carbocycles. The molecule has 0 spiro atoms. The van der Waals surface area contributed by atoms with Crippen molar-refractivity contribution in [1.82, 2.24) is 9.55 Å². The van der Waals surface area contributed by atoms with E-state index in [4.69, 9.17) is 0 Å². The summed E-state index contributed by atoms with van der Waals surface area (Å²) in [5, 5.41) is 0. The lowest BCUT2D eigenvalue weighted by Gasteiger charge is -2.02. The summed E-state index contributed by atoms with van der Waals surface area (Å²) in [5.74, 6) is -0.334. The van der Waals surface area contributed by atoms with Gasteiger partial charge in [-0.1, -0.05) is 34.1 Å². The summed E-state index contributed by atoms with van der Waals surface area (Å²) < 4.78 is 2.00. The van der Waals surface area contributed by atoms with Gasteiger partial charge in [0.15, 0.2) is 0 Å². The summed E-state index contributed by atoms with van der Waals surface area (Å²) in [4.78, 5) is 27.0. The van der Waals surface area contributed by atoms with E-state index in [0.717, 1.165) is 9.04 Å². The second-order valence-corrected chi connectivity index (χ2v) is 5.01. The Morgan fingerprint density at radius 1 is 1.11 bits per heavy atom. The molecule has 3 rings (SSSR count). The molecule has 1 aromatic heterocycles. The number of imidazole rings is 1. The van der Waals surface area contributed by atoms with Crippen molar-refractivity contribution >= 4 is 32.9 Å². The van der Waals surface area contributed by atoms with Gasteiger partial charge in [-0.25, -0.2) is 9.36 Å². The Bertz CT molecular complexity index is 818. The SMILES string of the molecule is O=C(c1ccccc1)n1c(=O)[nH]c2cc(Br)ccc21. The molecule has 5 heteroatoms. The number of halogens is 1. The van der Waals surface area contributed by atoms with Crippen molar-refractivity contribution in [1.29, 1.82) is 0 Å². The van der Waals surface area contributed by atoms with Gasteiger partial charge >= 0.3 is 5.69 Å². The lowest BCUT2D eigenvalue weighted by molar-refractivity contribution is 0.0961. The average Bonchev–Trinajstić information content (AvgIpc) is 2.74. The summed E-state index contributed by atoms with van der Waals surface area (Å²) in [5.41, 5.74) is 1.25. The van der Waals surface area contributed by atoms with E-state index in [1.54, 1.807) is 42.5 Å². The minimum absolute atomic E-state index is 0.334. The van der Waals surface area contributed by atoms with Crippen LogP contribution in [-0.2, 0) is 0 Å². The van der Waals surface area contributed by atoms with Crippen LogP contribution < -0.4 is 5.69 Å². The van der Waals surface area contributed by atoms with Crippen molar-refractivity contribution in [2.75, 3.05) is 0 Å². The number of carbonyl (C=O) groups excluding carboxylic acids is 1. The average molecular weight is 317 g/mol. The molecule has 4 nitrogen and oxygen atoms in total. The van der Waals surface area contributed by atoms with Gasteiger partial charge in [-0.2, -0.15) is 0 Å². The molecule has 0 amide bonds. The van der Waals surface area contributed by atoms with Gasteiger partial charge in [0.1, 0.15) is 0 Å². The Morgan fingerprint density at radius 2 is 1.84 bits per heavy atom. The highest BCUT2D eigenvalue weighted by atomic mass is 79.9. The third kappa shape index (κ3) is 2.02. The molecule has 0 aliphatic carbocycles. The minimum Gasteiger partial charge on any atom is -0.305 e. The minimum atomic E-state index is -0.429. The Labute approximate surface area is 116 Å². The van der Waals surface area contributed by atoms with E-state index < -0.39 is 5.69 Å². The van der Waals surface area contributed by atoms with Crippen molar-refractivity contribution in [2.24, 2.45) is 0 Å². The van der Waals surface area contributed by atoms with Crippen LogP contribution in [0.4, 0.5) is 0 Å². The van der Waals surface area contributed by atoms with Crippen LogP contribution in [0.5, 0.6) is 0 Å². The normalized spacial score (nSPS) is 10.8. The van der Waals surface area contributed by atoms with Crippen molar-refractivity contribution < 1.29 is 4.79 Å². The molecule has 0 saturated heterocycles. The maximum absolute atomic E-state index is 12.4. The number of nitrogens with one attached hydrogen (secondary N) is 1. The number of rotatable bonds is 1. The maximum atomic E-state index is 12.4. The molecule has 19 heavy (non-hydrogen) atoms. The molecule has 0 bridgehead atoms. The highest BCUT2D eigenvalue weighted by molar-refractivity contribution is 9.10. The Morgan fingerprint density at radius 3 is 2.58 bits per heavy atom. The number of benzene rings is 2. The fourth-order valence-corrected chi connectivity index (χ4v) is 2.36. The standard InChI is InChI=1S/C14H9BrN2O2/c15-10-6-7-12-11(8-10)16-14(19)17(12)13(18)9-4-2-1-3-5-9/h1-8H,(H,16,19). The lowest BCUT2D eigenvalue weighted by atomic mass is 10.2. The molecule has 0 aliphatic rings. The monoisotopic (exact) mass is 316 g/mol. The summed E-state index contributed by atoms with van der Waals surface area (Å²) in [6, 6.07) is 14.0. The van der Waals surface area contributed by atoms with Crippen LogP contribution >= 0.6 is 15.9 Å². The highest BCUT2D eigenvalue weighted by Gasteiger charge is 2.15. The largest absolute Gasteiger partial charge is 0.333 e. The lowest BCUT2D eigenvalue weighted by Crippen LogP contribution is -2.24. The van der Waals surface area contributed by atoms with Gasteiger partial charge in [0.2, 0.25) is 0 Å². The fourth-order valence-electron chi connectivity index (χ4n) is 2.00. The van der Waals surface area contributed by atoms with E-state index in [1.807, 2.05) is 6.07 Å². The summed E-state index contributed by atoms with van der Waals surface area (Å²) in [6.07, 6.45) is 0. The van der Waals surface area contributed by atoms with E-state index in [-0.39, 0.29) is 5.91 Å². The van der Waals surface area contributed by atoms with E-state index in [9.17, 15) is 9.59 Å². The Hall–Kier alpha value is -2.14.